The Hall–Kier alpha value is -1.32. The van der Waals surface area contributed by atoms with Gasteiger partial charge in [-0.1, -0.05) is 23.2 Å². The van der Waals surface area contributed by atoms with E-state index in [1.807, 2.05) is 0 Å². The van der Waals surface area contributed by atoms with Crippen molar-refractivity contribution in [2.45, 2.75) is 0 Å². The van der Waals surface area contributed by atoms with Crippen molar-refractivity contribution in [3.63, 3.8) is 0 Å². The summed E-state index contributed by atoms with van der Waals surface area (Å²) in [6, 6.07) is 5.20. The fourth-order valence-corrected chi connectivity index (χ4v) is 1.99. The van der Waals surface area contributed by atoms with Crippen molar-refractivity contribution < 1.29 is 9.53 Å². The van der Waals surface area contributed by atoms with Gasteiger partial charge >= 0.3 is 0 Å². The first-order valence-electron chi connectivity index (χ1n) is 4.45. The van der Waals surface area contributed by atoms with Crippen LogP contribution < -0.4 is 4.74 Å². The van der Waals surface area contributed by atoms with E-state index >= 15 is 0 Å². The van der Waals surface area contributed by atoms with Crippen molar-refractivity contribution in [1.82, 2.24) is 4.98 Å². The van der Waals surface area contributed by atoms with Crippen LogP contribution in [0.2, 0.25) is 10.2 Å². The number of methoxy groups -OCH3 is 1. The topological polar surface area (TPSA) is 39.2 Å². The van der Waals surface area contributed by atoms with Crippen molar-refractivity contribution in [3.8, 4) is 5.75 Å². The number of benzene rings is 1. The Morgan fingerprint density at radius 1 is 1.38 bits per heavy atom. The molecule has 2 aromatic rings. The quantitative estimate of drug-likeness (QED) is 0.610. The summed E-state index contributed by atoms with van der Waals surface area (Å²) in [4.78, 5) is 14.9. The second kappa shape index (κ2) is 4.28. The molecule has 0 spiro atoms. The lowest BCUT2D eigenvalue weighted by Crippen LogP contribution is -1.92. The molecule has 0 radical (unpaired) electrons. The Bertz CT molecular complexity index is 569. The Balaban J connectivity index is 2.81. The van der Waals surface area contributed by atoms with E-state index < -0.39 is 0 Å². The normalized spacial score (nSPS) is 10.4. The molecule has 16 heavy (non-hydrogen) atoms. The fraction of sp³-hybridized carbons (Fsp3) is 0.0909. The third-order valence-corrected chi connectivity index (χ3v) is 2.93. The number of pyridine rings is 1. The molecule has 1 aromatic heterocycles. The van der Waals surface area contributed by atoms with E-state index in [-0.39, 0.29) is 10.7 Å². The smallest absolute Gasteiger partial charge is 0.154 e. The molecule has 5 heteroatoms. The van der Waals surface area contributed by atoms with E-state index in [4.69, 9.17) is 27.9 Å². The van der Waals surface area contributed by atoms with Crippen molar-refractivity contribution in [2.24, 2.45) is 0 Å². The van der Waals surface area contributed by atoms with Gasteiger partial charge in [-0.3, -0.25) is 4.79 Å². The molecular weight excluding hydrogens is 249 g/mol. The van der Waals surface area contributed by atoms with Crippen molar-refractivity contribution in [1.29, 1.82) is 0 Å². The average Bonchev–Trinajstić information content (AvgIpc) is 2.28. The highest BCUT2D eigenvalue weighted by Gasteiger charge is 2.11. The van der Waals surface area contributed by atoms with Crippen LogP contribution in [0.5, 0.6) is 5.75 Å². The Kier molecular flexibility index (Phi) is 2.99. The van der Waals surface area contributed by atoms with E-state index in [9.17, 15) is 4.79 Å². The van der Waals surface area contributed by atoms with E-state index in [1.165, 1.54) is 0 Å². The summed E-state index contributed by atoms with van der Waals surface area (Å²) in [5, 5.41) is 1.09. The van der Waals surface area contributed by atoms with Crippen LogP contribution in [0.1, 0.15) is 10.4 Å². The van der Waals surface area contributed by atoms with Crippen LogP contribution in [0.25, 0.3) is 10.9 Å². The largest absolute Gasteiger partial charge is 0.497 e. The molecule has 0 bridgehead atoms. The summed E-state index contributed by atoms with van der Waals surface area (Å²) in [7, 11) is 1.56. The van der Waals surface area contributed by atoms with Gasteiger partial charge in [0.2, 0.25) is 0 Å². The van der Waals surface area contributed by atoms with Gasteiger partial charge in [-0.15, -0.1) is 0 Å². The molecule has 2 rings (SSSR count). The Labute approximate surface area is 102 Å². The zero-order chi connectivity index (χ0) is 11.7. The number of ether oxygens (including phenoxy) is 1. The van der Waals surface area contributed by atoms with Gasteiger partial charge in [0.15, 0.2) is 6.29 Å². The molecule has 0 amide bonds. The van der Waals surface area contributed by atoms with Crippen LogP contribution in [-0.2, 0) is 0 Å². The molecule has 0 atom stereocenters. The molecule has 1 heterocycles. The van der Waals surface area contributed by atoms with Gasteiger partial charge < -0.3 is 4.74 Å². The van der Waals surface area contributed by atoms with E-state index in [2.05, 4.69) is 4.98 Å². The molecular formula is C11H7Cl2NO2. The number of carbonyl (C=O) groups is 1. The first kappa shape index (κ1) is 11.2. The molecule has 0 fully saturated rings. The molecule has 3 nitrogen and oxygen atoms in total. The zero-order valence-corrected chi connectivity index (χ0v) is 9.84. The minimum Gasteiger partial charge on any atom is -0.497 e. The van der Waals surface area contributed by atoms with E-state index in [1.54, 1.807) is 25.3 Å². The first-order chi connectivity index (χ1) is 7.67. The lowest BCUT2D eigenvalue weighted by molar-refractivity contribution is 0.112. The minimum atomic E-state index is 0.0979. The number of rotatable bonds is 2. The zero-order valence-electron chi connectivity index (χ0n) is 8.33. The molecule has 0 aliphatic rings. The van der Waals surface area contributed by atoms with Crippen molar-refractivity contribution in [2.75, 3.05) is 7.11 Å². The maximum atomic E-state index is 10.8. The fourth-order valence-electron chi connectivity index (χ4n) is 1.42. The minimum absolute atomic E-state index is 0.0979. The molecule has 0 N–H and O–H groups in total. The number of hydrogen-bond acceptors (Lipinski definition) is 3. The summed E-state index contributed by atoms with van der Waals surface area (Å²) in [5.74, 6) is 0.658. The number of nitrogens with zero attached hydrogens (tertiary/aromatic N) is 1. The molecule has 0 saturated heterocycles. The standard InChI is InChI=1S/C11H7Cl2NO2/c1-16-6-2-3-7-9(4-6)14-11(13)8(5-15)10(7)12/h2-5H,1H3. The van der Waals surface area contributed by atoms with Gasteiger partial charge in [0, 0.05) is 11.5 Å². The van der Waals surface area contributed by atoms with E-state index in [0.29, 0.717) is 28.0 Å². The highest BCUT2D eigenvalue weighted by Crippen LogP contribution is 2.31. The SMILES string of the molecule is COc1ccc2c(Cl)c(C=O)c(Cl)nc2c1. The number of halogens is 2. The Morgan fingerprint density at radius 2 is 2.12 bits per heavy atom. The van der Waals surface area contributed by atoms with Crippen molar-refractivity contribution in [3.05, 3.63) is 33.9 Å². The van der Waals surface area contributed by atoms with Crippen LogP contribution in [0, 0.1) is 0 Å². The highest BCUT2D eigenvalue weighted by molar-refractivity contribution is 6.41. The summed E-state index contributed by atoms with van der Waals surface area (Å²) in [6.07, 6.45) is 0.599. The molecule has 0 aliphatic heterocycles. The summed E-state index contributed by atoms with van der Waals surface area (Å²) in [5.41, 5.74) is 0.806. The number of aldehydes is 1. The second-order valence-electron chi connectivity index (χ2n) is 3.13. The van der Waals surface area contributed by atoms with Gasteiger partial charge in [0.1, 0.15) is 10.9 Å². The first-order valence-corrected chi connectivity index (χ1v) is 5.21. The van der Waals surface area contributed by atoms with Crippen molar-refractivity contribution >= 4 is 40.4 Å². The molecule has 1 aromatic carbocycles. The summed E-state index contributed by atoms with van der Waals surface area (Å²) in [6.45, 7) is 0. The molecule has 82 valence electrons. The number of carbonyl (C=O) groups excluding carboxylic acids is 1. The van der Waals surface area contributed by atoms with Gasteiger partial charge in [0.25, 0.3) is 0 Å². The predicted octanol–water partition coefficient (Wildman–Crippen LogP) is 3.36. The maximum Gasteiger partial charge on any atom is 0.154 e. The summed E-state index contributed by atoms with van der Waals surface area (Å²) < 4.78 is 5.06. The lowest BCUT2D eigenvalue weighted by atomic mass is 10.1. The molecule has 0 saturated carbocycles. The van der Waals surface area contributed by atoms with Gasteiger partial charge in [0.05, 0.1) is 23.2 Å². The molecule has 0 unspecified atom stereocenters. The van der Waals surface area contributed by atoms with Crippen LogP contribution in [0.15, 0.2) is 18.2 Å². The van der Waals surface area contributed by atoms with Gasteiger partial charge in [-0.25, -0.2) is 4.98 Å². The summed E-state index contributed by atoms with van der Waals surface area (Å²) >= 11 is 11.9. The van der Waals surface area contributed by atoms with Crippen LogP contribution >= 0.6 is 23.2 Å². The monoisotopic (exact) mass is 255 g/mol. The average molecular weight is 256 g/mol. The third kappa shape index (κ3) is 1.72. The van der Waals surface area contributed by atoms with Crippen LogP contribution in [-0.4, -0.2) is 18.4 Å². The predicted molar refractivity (Wildman–Crippen MR) is 63.7 cm³/mol. The van der Waals surface area contributed by atoms with Crippen LogP contribution in [0.4, 0.5) is 0 Å². The molecule has 0 aliphatic carbocycles. The number of fused-ring (bicyclic) bond motifs is 1. The second-order valence-corrected chi connectivity index (χ2v) is 3.87. The lowest BCUT2D eigenvalue weighted by Gasteiger charge is -2.06. The third-order valence-electron chi connectivity index (χ3n) is 2.24. The maximum absolute atomic E-state index is 10.8. The van der Waals surface area contributed by atoms with E-state index in [0.717, 1.165) is 0 Å². The van der Waals surface area contributed by atoms with Gasteiger partial charge in [-0.05, 0) is 12.1 Å². The van der Waals surface area contributed by atoms with Crippen LogP contribution in [0.3, 0.4) is 0 Å². The number of hydrogen-bond donors (Lipinski definition) is 0. The Morgan fingerprint density at radius 3 is 2.75 bits per heavy atom. The highest BCUT2D eigenvalue weighted by atomic mass is 35.5. The van der Waals surface area contributed by atoms with Gasteiger partial charge in [-0.2, -0.15) is 0 Å². The number of aromatic nitrogens is 1.